The van der Waals surface area contributed by atoms with Crippen molar-refractivity contribution in [2.24, 2.45) is 0 Å². The highest BCUT2D eigenvalue weighted by Gasteiger charge is 2.44. The number of benzene rings is 2. The number of aromatic nitrogens is 2. The first-order valence-electron chi connectivity index (χ1n) is 9.39. The quantitative estimate of drug-likeness (QED) is 0.371. The third-order valence-electron chi connectivity index (χ3n) is 4.67. The Balaban J connectivity index is 1.92. The lowest BCUT2D eigenvalue weighted by atomic mass is 10.1. The van der Waals surface area contributed by atoms with Gasteiger partial charge in [-0.25, -0.2) is 18.7 Å². The Morgan fingerprint density at radius 1 is 1.06 bits per heavy atom. The molecule has 0 radical (unpaired) electrons. The van der Waals surface area contributed by atoms with Crippen molar-refractivity contribution in [2.45, 2.75) is 13.8 Å². The van der Waals surface area contributed by atoms with E-state index in [9.17, 15) is 18.8 Å². The lowest BCUT2D eigenvalue weighted by Crippen LogP contribution is -2.21. The molecule has 0 saturated carbocycles. The van der Waals surface area contributed by atoms with Crippen LogP contribution in [0.15, 0.2) is 66.5 Å². The molecule has 2 heterocycles. The predicted molar refractivity (Wildman–Crippen MR) is 109 cm³/mol. The maximum atomic E-state index is 14.3. The maximum Gasteiger partial charge on any atom is 0.414 e. The summed E-state index contributed by atoms with van der Waals surface area (Å²) >= 11 is 0. The van der Waals surface area contributed by atoms with E-state index in [0.29, 0.717) is 16.8 Å². The van der Waals surface area contributed by atoms with Crippen LogP contribution in [-0.4, -0.2) is 38.0 Å². The van der Waals surface area contributed by atoms with Crippen molar-refractivity contribution in [3.8, 4) is 11.3 Å². The van der Waals surface area contributed by atoms with Gasteiger partial charge in [-0.3, -0.25) is 4.79 Å². The Kier molecular flexibility index (Phi) is 5.12. The van der Waals surface area contributed by atoms with Crippen molar-refractivity contribution in [3.63, 3.8) is 0 Å². The van der Waals surface area contributed by atoms with Gasteiger partial charge in [-0.15, -0.1) is 0 Å². The van der Waals surface area contributed by atoms with Crippen molar-refractivity contribution in [2.75, 3.05) is 0 Å². The second-order valence-corrected chi connectivity index (χ2v) is 6.82. The van der Waals surface area contributed by atoms with Crippen molar-refractivity contribution in [1.29, 1.82) is 0 Å². The summed E-state index contributed by atoms with van der Waals surface area (Å²) in [4.78, 5) is 36.9. The van der Waals surface area contributed by atoms with Gasteiger partial charge in [-0.2, -0.15) is 5.10 Å². The van der Waals surface area contributed by atoms with E-state index >= 15 is 0 Å². The van der Waals surface area contributed by atoms with Crippen LogP contribution in [0.1, 0.15) is 29.8 Å². The van der Waals surface area contributed by atoms with Crippen LogP contribution in [0.2, 0.25) is 0 Å². The van der Waals surface area contributed by atoms with Gasteiger partial charge < -0.3 is 4.74 Å². The summed E-state index contributed by atoms with van der Waals surface area (Å²) in [5.41, 5.74) is 1.46. The standard InChI is InChI=1S/C23H17FN3O4/c1-14(28)26-13-17(21(25-26)16-8-4-3-5-9-16)12-20-23(30)31-22(27(20)15(2)29)18-10-6-7-11-19(18)24/h3-13H,1-2H3/q+1. The topological polar surface area (TPSA) is 81.3 Å². The third kappa shape index (κ3) is 3.71. The lowest BCUT2D eigenvalue weighted by Gasteiger charge is -1.99. The molecule has 0 aliphatic carbocycles. The van der Waals surface area contributed by atoms with Crippen molar-refractivity contribution in [1.82, 2.24) is 9.78 Å². The van der Waals surface area contributed by atoms with Gasteiger partial charge in [-0.1, -0.05) is 47.0 Å². The van der Waals surface area contributed by atoms with Crippen LogP contribution < -0.4 is 0 Å². The number of ether oxygens (including phenoxy) is 1. The maximum absolute atomic E-state index is 14.3. The largest absolute Gasteiger partial charge is 0.414 e. The van der Waals surface area contributed by atoms with Crippen molar-refractivity contribution in [3.05, 3.63) is 83.4 Å². The number of esters is 1. The van der Waals surface area contributed by atoms with Crippen LogP contribution >= 0.6 is 0 Å². The summed E-state index contributed by atoms with van der Waals surface area (Å²) in [6.45, 7) is 2.60. The highest BCUT2D eigenvalue weighted by atomic mass is 19.1. The molecular formula is C23H17FN3O4+. The van der Waals surface area contributed by atoms with E-state index in [2.05, 4.69) is 5.10 Å². The summed E-state index contributed by atoms with van der Waals surface area (Å²) in [7, 11) is 0. The molecule has 2 aromatic carbocycles. The summed E-state index contributed by atoms with van der Waals surface area (Å²) in [6.07, 6.45) is 2.87. The molecule has 4 rings (SSSR count). The number of carbonyl (C=O) groups excluding carboxylic acids is 3. The lowest BCUT2D eigenvalue weighted by molar-refractivity contribution is -0.389. The Hall–Kier alpha value is -4.20. The highest BCUT2D eigenvalue weighted by molar-refractivity contribution is 6.10. The van der Waals surface area contributed by atoms with Crippen molar-refractivity contribution >= 4 is 29.8 Å². The van der Waals surface area contributed by atoms with Gasteiger partial charge >= 0.3 is 23.5 Å². The van der Waals surface area contributed by atoms with E-state index in [-0.39, 0.29) is 23.1 Å². The molecule has 1 aliphatic rings. The van der Waals surface area contributed by atoms with Gasteiger partial charge in [-0.05, 0) is 12.1 Å². The van der Waals surface area contributed by atoms with Crippen LogP contribution in [0, 0.1) is 5.82 Å². The molecule has 7 nitrogen and oxygen atoms in total. The number of hydrogen-bond acceptors (Lipinski definition) is 5. The third-order valence-corrected chi connectivity index (χ3v) is 4.67. The van der Waals surface area contributed by atoms with E-state index in [4.69, 9.17) is 4.74 Å². The normalized spacial score (nSPS) is 14.8. The summed E-state index contributed by atoms with van der Waals surface area (Å²) in [6, 6.07) is 14.8. The Labute approximate surface area is 176 Å². The molecule has 0 fully saturated rings. The molecule has 1 aliphatic heterocycles. The first-order chi connectivity index (χ1) is 14.9. The number of rotatable bonds is 3. The Bertz CT molecular complexity index is 1290. The van der Waals surface area contributed by atoms with Gasteiger partial charge in [0.05, 0.1) is 6.92 Å². The second-order valence-electron chi connectivity index (χ2n) is 6.82. The van der Waals surface area contributed by atoms with E-state index < -0.39 is 17.7 Å². The van der Waals surface area contributed by atoms with E-state index in [1.54, 1.807) is 18.2 Å². The monoisotopic (exact) mass is 418 g/mol. The Morgan fingerprint density at radius 3 is 2.39 bits per heavy atom. The molecule has 1 aromatic heterocycles. The highest BCUT2D eigenvalue weighted by Crippen LogP contribution is 2.27. The number of hydrogen-bond donors (Lipinski definition) is 0. The minimum absolute atomic E-state index is 0.0165. The van der Waals surface area contributed by atoms with Crippen LogP contribution in [0.4, 0.5) is 4.39 Å². The van der Waals surface area contributed by atoms with Gasteiger partial charge in [0.2, 0.25) is 5.91 Å². The molecule has 1 amide bonds. The first kappa shape index (κ1) is 20.1. The summed E-state index contributed by atoms with van der Waals surface area (Å²) < 4.78 is 21.7. The molecule has 3 aromatic rings. The smallest absolute Gasteiger partial charge is 0.361 e. The zero-order chi connectivity index (χ0) is 22.1. The molecule has 0 spiro atoms. The van der Waals surface area contributed by atoms with Gasteiger partial charge in [0.25, 0.3) is 0 Å². The van der Waals surface area contributed by atoms with Gasteiger partial charge in [0, 0.05) is 30.3 Å². The van der Waals surface area contributed by atoms with Crippen LogP contribution in [0.5, 0.6) is 0 Å². The van der Waals surface area contributed by atoms with E-state index in [1.165, 1.54) is 44.3 Å². The fourth-order valence-electron chi connectivity index (χ4n) is 3.25. The molecule has 0 atom stereocenters. The SMILES string of the molecule is CC(=O)n1cc(C=C2C(=O)OC(c3ccccc3F)=[N+]2C(C)=O)c(-c2ccccc2)n1. The van der Waals surface area contributed by atoms with Crippen LogP contribution in [0.3, 0.4) is 0 Å². The number of halogens is 1. The molecule has 0 unspecified atom stereocenters. The molecule has 0 N–H and O–H groups in total. The molecule has 31 heavy (non-hydrogen) atoms. The van der Waals surface area contributed by atoms with Gasteiger partial charge in [0.15, 0.2) is 0 Å². The number of cyclic esters (lactones) is 1. The van der Waals surface area contributed by atoms with E-state index in [0.717, 1.165) is 9.26 Å². The Morgan fingerprint density at radius 2 is 1.74 bits per heavy atom. The number of carbonyl (C=O) groups is 3. The van der Waals surface area contributed by atoms with Crippen LogP contribution in [-0.2, 0) is 14.3 Å². The minimum Gasteiger partial charge on any atom is -0.361 e. The number of amides is 1. The average Bonchev–Trinajstić information content (AvgIpc) is 3.31. The molecule has 154 valence electrons. The van der Waals surface area contributed by atoms with Crippen molar-refractivity contribution < 1.29 is 28.1 Å². The fraction of sp³-hybridized carbons (Fsp3) is 0.0870. The zero-order valence-electron chi connectivity index (χ0n) is 16.7. The zero-order valence-corrected chi connectivity index (χ0v) is 16.7. The van der Waals surface area contributed by atoms with Crippen LogP contribution in [0.25, 0.3) is 17.3 Å². The predicted octanol–water partition coefficient (Wildman–Crippen LogP) is 3.25. The molecule has 0 bridgehead atoms. The second kappa shape index (κ2) is 7.91. The molecular weight excluding hydrogens is 401 g/mol. The summed E-state index contributed by atoms with van der Waals surface area (Å²) in [5, 5.41) is 4.31. The molecule has 0 saturated heterocycles. The van der Waals surface area contributed by atoms with Gasteiger partial charge in [0.1, 0.15) is 17.1 Å². The molecule has 8 heteroatoms. The van der Waals surface area contributed by atoms with E-state index in [1.807, 2.05) is 18.2 Å². The number of nitrogens with zero attached hydrogens (tertiary/aromatic N) is 3. The fourth-order valence-corrected chi connectivity index (χ4v) is 3.25. The average molecular weight is 418 g/mol. The minimum atomic E-state index is -0.817. The summed E-state index contributed by atoms with van der Waals surface area (Å²) in [5.74, 6) is -2.51. The first-order valence-corrected chi connectivity index (χ1v) is 9.39.